The van der Waals surface area contributed by atoms with Gasteiger partial charge in [-0.15, -0.1) is 0 Å². The lowest BCUT2D eigenvalue weighted by atomic mass is 9.91. The second kappa shape index (κ2) is 27.6. The fourth-order valence-electron chi connectivity index (χ4n) is 6.62. The van der Waals surface area contributed by atoms with Crippen molar-refractivity contribution >= 4 is 58.3 Å². The largest absolute Gasteiger partial charge is 0.494 e. The van der Waals surface area contributed by atoms with E-state index in [1.54, 1.807) is 24.3 Å². The van der Waals surface area contributed by atoms with Crippen LogP contribution in [0.4, 0.5) is 0 Å². The number of hydrogen-bond donors (Lipinski definition) is 2. The highest BCUT2D eigenvalue weighted by atomic mass is 35.5. The minimum Gasteiger partial charge on any atom is -0.494 e. The molecule has 0 aliphatic carbocycles. The Hall–Kier alpha value is -2.02. The third kappa shape index (κ3) is 18.7. The zero-order chi connectivity index (χ0) is 39.9. The number of likely N-dealkylation sites (tertiary alicyclic amines) is 2. The van der Waals surface area contributed by atoms with Crippen LogP contribution in [0, 0.1) is 11.8 Å². The smallest absolute Gasteiger partial charge is 0.414 e. The number of rotatable bonds is 18. The van der Waals surface area contributed by atoms with Crippen molar-refractivity contribution < 1.29 is 38.7 Å². The van der Waals surface area contributed by atoms with Gasteiger partial charge in [0.25, 0.3) is 0 Å². The molecule has 0 saturated carbocycles. The molecule has 2 unspecified atom stereocenters. The lowest BCUT2D eigenvalue weighted by Crippen LogP contribution is -2.45. The zero-order valence-electron chi connectivity index (χ0n) is 32.3. The summed E-state index contributed by atoms with van der Waals surface area (Å²) in [6, 6.07) is 10.8. The van der Waals surface area contributed by atoms with Crippen molar-refractivity contribution in [2.75, 3.05) is 66.7 Å². The number of piperidine rings is 2. The molecule has 2 aliphatic rings. The van der Waals surface area contributed by atoms with E-state index in [2.05, 4.69) is 23.6 Å². The maximum atomic E-state index is 9.10. The maximum Gasteiger partial charge on any atom is 0.414 e. The van der Waals surface area contributed by atoms with Crippen LogP contribution in [-0.4, -0.2) is 111 Å². The van der Waals surface area contributed by atoms with Crippen LogP contribution in [0.1, 0.15) is 78.1 Å². The summed E-state index contributed by atoms with van der Waals surface area (Å²) in [5, 5.41) is 17.0. The average Bonchev–Trinajstić information content (AvgIpc) is 3.16. The monoisotopic (exact) mass is 836 g/mol. The van der Waals surface area contributed by atoms with E-state index in [9.17, 15) is 0 Å². The summed E-state index contributed by atoms with van der Waals surface area (Å²) in [7, 11) is 3.65. The minimum atomic E-state index is -1.82. The number of aliphatic carboxylic acids is 2. The Morgan fingerprint density at radius 3 is 1.35 bits per heavy atom. The molecule has 306 valence electrons. The highest BCUT2D eigenvalue weighted by Gasteiger charge is 2.30. The number of carboxylic acid groups (broad SMARTS) is 2. The average molecular weight is 839 g/mol. The van der Waals surface area contributed by atoms with Gasteiger partial charge in [-0.25, -0.2) is 9.59 Å². The van der Waals surface area contributed by atoms with Gasteiger partial charge in [0.05, 0.1) is 45.5 Å². The number of carbonyl (C=O) groups is 2. The summed E-state index contributed by atoms with van der Waals surface area (Å²) in [6.07, 6.45) is 12.7. The van der Waals surface area contributed by atoms with E-state index in [0.29, 0.717) is 57.3 Å². The van der Waals surface area contributed by atoms with E-state index < -0.39 is 11.9 Å². The number of ether oxygens (including phenoxy) is 4. The summed E-state index contributed by atoms with van der Waals surface area (Å²) in [6.45, 7) is 12.7. The molecule has 2 aliphatic heterocycles. The van der Waals surface area contributed by atoms with Gasteiger partial charge < -0.3 is 39.0 Å². The van der Waals surface area contributed by atoms with Crippen LogP contribution in [0.15, 0.2) is 36.4 Å². The van der Waals surface area contributed by atoms with E-state index in [1.165, 1.54) is 77.5 Å². The molecular formula is C40H60Cl4N2O8. The summed E-state index contributed by atoms with van der Waals surface area (Å²) in [5.41, 5.74) is 0. The molecule has 0 radical (unpaired) electrons. The molecule has 10 nitrogen and oxygen atoms in total. The Bertz CT molecular complexity index is 1270. The van der Waals surface area contributed by atoms with E-state index in [-0.39, 0.29) is 0 Å². The predicted octanol–water partition coefficient (Wildman–Crippen LogP) is 9.73. The van der Waals surface area contributed by atoms with Crippen LogP contribution in [-0.2, 0) is 19.1 Å². The standard InChI is InChI=1S/2C19H29Cl2NO2.C2H2O4/c2*1-3-4-5-10-22-11-8-15(19(14-22)23-2)9-12-24-16-6-7-17(20)18(21)13-16;3-1(4)2(5)6/h2*6-7,13,15,19H,3-5,8-12,14H2,1-2H3;(H,3,4)(H,5,6)/t2*15?,19-;/m00./s1. The molecule has 14 heteroatoms. The Kier molecular flexibility index (Phi) is 24.6. The fourth-order valence-corrected chi connectivity index (χ4v) is 7.20. The normalized spacial score (nSPS) is 20.2. The van der Waals surface area contributed by atoms with Gasteiger partial charge in [0.15, 0.2) is 0 Å². The molecular weight excluding hydrogens is 778 g/mol. The van der Waals surface area contributed by atoms with Crippen molar-refractivity contribution in [2.45, 2.75) is 90.3 Å². The van der Waals surface area contributed by atoms with Crippen molar-refractivity contribution in [1.82, 2.24) is 9.80 Å². The van der Waals surface area contributed by atoms with Gasteiger partial charge in [-0.1, -0.05) is 85.9 Å². The summed E-state index contributed by atoms with van der Waals surface area (Å²) in [5.74, 6) is -0.990. The van der Waals surface area contributed by atoms with Crippen molar-refractivity contribution in [3.8, 4) is 11.5 Å². The molecule has 0 spiro atoms. The first-order valence-electron chi connectivity index (χ1n) is 19.0. The Morgan fingerprint density at radius 2 is 1.04 bits per heavy atom. The van der Waals surface area contributed by atoms with Gasteiger partial charge >= 0.3 is 11.9 Å². The van der Waals surface area contributed by atoms with Crippen molar-refractivity contribution in [2.24, 2.45) is 11.8 Å². The first-order chi connectivity index (χ1) is 25.9. The Labute approximate surface area is 342 Å². The van der Waals surface area contributed by atoms with Crippen molar-refractivity contribution in [3.63, 3.8) is 0 Å². The number of methoxy groups -OCH3 is 2. The molecule has 0 amide bonds. The minimum absolute atomic E-state index is 0.304. The van der Waals surface area contributed by atoms with E-state index in [0.717, 1.165) is 37.4 Å². The SMILES string of the molecule is CCCCCN1CCC(CCOc2ccc(Cl)c(Cl)c2)[C@@H](OC)C1.CCCCCN1CCC(CCOc2ccc(Cl)c(Cl)c2)[C@@H](OC)C1.O=C(O)C(=O)O. The number of halogens is 4. The summed E-state index contributed by atoms with van der Waals surface area (Å²) in [4.78, 5) is 23.3. The van der Waals surface area contributed by atoms with Gasteiger partial charge in [0, 0.05) is 39.4 Å². The Morgan fingerprint density at radius 1 is 0.648 bits per heavy atom. The topological polar surface area (TPSA) is 118 Å². The molecule has 2 fully saturated rings. The number of unbranched alkanes of at least 4 members (excludes halogenated alkanes) is 4. The van der Waals surface area contributed by atoms with Crippen LogP contribution >= 0.6 is 46.4 Å². The van der Waals surface area contributed by atoms with E-state index in [1.807, 2.05) is 26.4 Å². The second-order valence-electron chi connectivity index (χ2n) is 13.7. The number of nitrogens with zero attached hydrogens (tertiary/aromatic N) is 2. The van der Waals surface area contributed by atoms with Gasteiger partial charge in [0.2, 0.25) is 0 Å². The van der Waals surface area contributed by atoms with Gasteiger partial charge in [-0.05, 0) is 101 Å². The third-order valence-corrected chi connectivity index (χ3v) is 11.3. The first-order valence-corrected chi connectivity index (χ1v) is 20.6. The maximum absolute atomic E-state index is 9.10. The van der Waals surface area contributed by atoms with E-state index in [4.69, 9.17) is 85.2 Å². The van der Waals surface area contributed by atoms with Gasteiger partial charge in [0.1, 0.15) is 11.5 Å². The summed E-state index contributed by atoms with van der Waals surface area (Å²) < 4.78 is 23.1. The third-order valence-electron chi connectivity index (χ3n) is 9.80. The molecule has 2 aromatic carbocycles. The second-order valence-corrected chi connectivity index (χ2v) is 15.3. The van der Waals surface area contributed by atoms with Crippen molar-refractivity contribution in [3.05, 3.63) is 56.5 Å². The van der Waals surface area contributed by atoms with Crippen LogP contribution < -0.4 is 9.47 Å². The van der Waals surface area contributed by atoms with E-state index >= 15 is 0 Å². The molecule has 2 N–H and O–H groups in total. The van der Waals surface area contributed by atoms with Crippen LogP contribution in [0.3, 0.4) is 0 Å². The molecule has 4 rings (SSSR count). The molecule has 54 heavy (non-hydrogen) atoms. The van der Waals surface area contributed by atoms with Crippen LogP contribution in [0.5, 0.6) is 11.5 Å². The number of benzene rings is 2. The highest BCUT2D eigenvalue weighted by molar-refractivity contribution is 6.42. The Balaban J connectivity index is 0.000000325. The lowest BCUT2D eigenvalue weighted by molar-refractivity contribution is -0.159. The molecule has 2 saturated heterocycles. The highest BCUT2D eigenvalue weighted by Crippen LogP contribution is 2.29. The zero-order valence-corrected chi connectivity index (χ0v) is 35.3. The quantitative estimate of drug-likeness (QED) is 0.111. The number of carboxylic acids is 2. The van der Waals surface area contributed by atoms with Crippen LogP contribution in [0.2, 0.25) is 20.1 Å². The molecule has 2 heterocycles. The van der Waals surface area contributed by atoms with Crippen LogP contribution in [0.25, 0.3) is 0 Å². The molecule has 4 atom stereocenters. The molecule has 0 aromatic heterocycles. The van der Waals surface area contributed by atoms with Crippen molar-refractivity contribution in [1.29, 1.82) is 0 Å². The molecule has 0 bridgehead atoms. The lowest BCUT2D eigenvalue weighted by Gasteiger charge is -2.37. The predicted molar refractivity (Wildman–Crippen MR) is 218 cm³/mol. The van der Waals surface area contributed by atoms with Gasteiger partial charge in [-0.2, -0.15) is 0 Å². The first kappa shape index (κ1) is 48.1. The fraction of sp³-hybridized carbons (Fsp3) is 0.650. The number of hydrogen-bond acceptors (Lipinski definition) is 8. The van der Waals surface area contributed by atoms with Gasteiger partial charge in [-0.3, -0.25) is 0 Å². The summed E-state index contributed by atoms with van der Waals surface area (Å²) >= 11 is 23.9. The molecule has 2 aromatic rings.